The minimum atomic E-state index is 0.0315. The number of hydrogen-bond acceptors (Lipinski definition) is 4. The van der Waals surface area contributed by atoms with Gasteiger partial charge in [-0.05, 0) is 43.4 Å². The summed E-state index contributed by atoms with van der Waals surface area (Å²) in [6.45, 7) is 7.79. The third-order valence-corrected chi connectivity index (χ3v) is 5.54. The summed E-state index contributed by atoms with van der Waals surface area (Å²) < 4.78 is 1.73. The molecule has 1 saturated heterocycles. The molecule has 0 bridgehead atoms. The molecule has 6 nitrogen and oxygen atoms in total. The minimum absolute atomic E-state index is 0.0315. The Morgan fingerprint density at radius 3 is 2.75 bits per heavy atom. The Morgan fingerprint density at radius 1 is 1.21 bits per heavy atom. The molecular weight excluding hydrogens is 350 g/mol. The average molecular weight is 377 g/mol. The predicted molar refractivity (Wildman–Crippen MR) is 111 cm³/mol. The fourth-order valence-corrected chi connectivity index (χ4v) is 3.85. The van der Waals surface area contributed by atoms with Gasteiger partial charge in [0.15, 0.2) is 5.65 Å². The van der Waals surface area contributed by atoms with Crippen LogP contribution in [0, 0.1) is 6.92 Å². The molecule has 28 heavy (non-hydrogen) atoms. The highest BCUT2D eigenvalue weighted by Gasteiger charge is 2.26. The van der Waals surface area contributed by atoms with Gasteiger partial charge in [0.1, 0.15) is 0 Å². The monoisotopic (exact) mass is 377 g/mol. The summed E-state index contributed by atoms with van der Waals surface area (Å²) in [6.07, 6.45) is 5.43. The molecule has 3 heterocycles. The first-order valence-corrected chi connectivity index (χ1v) is 9.98. The summed E-state index contributed by atoms with van der Waals surface area (Å²) in [5, 5.41) is 7.86. The van der Waals surface area contributed by atoms with Gasteiger partial charge in [0.2, 0.25) is 0 Å². The normalized spacial score (nSPS) is 17.3. The maximum absolute atomic E-state index is 13.1. The van der Waals surface area contributed by atoms with Crippen molar-refractivity contribution < 1.29 is 4.79 Å². The van der Waals surface area contributed by atoms with E-state index in [4.69, 9.17) is 0 Å². The molecule has 2 aromatic heterocycles. The molecule has 3 aromatic rings. The van der Waals surface area contributed by atoms with Gasteiger partial charge in [0.05, 0.1) is 17.5 Å². The number of hydrogen-bond donors (Lipinski definition) is 1. The first-order valence-electron chi connectivity index (χ1n) is 9.98. The standard InChI is InChI=1S/C22H27N5O/c1-15(2)17-6-8-18(9-7-17)25-19-5-4-12-26(14-19)22(28)20-13-23-21-10-11-24-27(21)16(20)3/h6-11,13,15,19,25H,4-5,12,14H2,1-3H3/t19-/m0/s1. The van der Waals surface area contributed by atoms with Gasteiger partial charge in [-0.2, -0.15) is 5.10 Å². The van der Waals surface area contributed by atoms with E-state index in [0.29, 0.717) is 18.0 Å². The number of anilines is 1. The van der Waals surface area contributed by atoms with Crippen LogP contribution in [0.15, 0.2) is 42.7 Å². The SMILES string of the molecule is Cc1c(C(=O)N2CCC[C@H](Nc3ccc(C(C)C)cc3)C2)cnc2ccnn12. The molecular formula is C22H27N5O. The third-order valence-electron chi connectivity index (χ3n) is 5.54. The average Bonchev–Trinajstić information content (AvgIpc) is 3.18. The van der Waals surface area contributed by atoms with Gasteiger partial charge in [-0.25, -0.2) is 9.50 Å². The first kappa shape index (κ1) is 18.5. The summed E-state index contributed by atoms with van der Waals surface area (Å²) in [7, 11) is 0. The lowest BCUT2D eigenvalue weighted by atomic mass is 10.0. The van der Waals surface area contributed by atoms with Gasteiger partial charge in [-0.1, -0.05) is 26.0 Å². The predicted octanol–water partition coefficient (Wildman–Crippen LogP) is 3.88. The van der Waals surface area contributed by atoms with Gasteiger partial charge in [-0.15, -0.1) is 0 Å². The van der Waals surface area contributed by atoms with Crippen LogP contribution in [0.5, 0.6) is 0 Å². The molecule has 1 amide bonds. The van der Waals surface area contributed by atoms with E-state index in [1.54, 1.807) is 16.9 Å². The van der Waals surface area contributed by atoms with E-state index in [9.17, 15) is 4.79 Å². The molecule has 146 valence electrons. The highest BCUT2D eigenvalue weighted by molar-refractivity contribution is 5.95. The van der Waals surface area contributed by atoms with Crippen molar-refractivity contribution in [2.45, 2.75) is 45.6 Å². The number of aryl methyl sites for hydroxylation is 1. The van der Waals surface area contributed by atoms with Gasteiger partial charge in [0.25, 0.3) is 5.91 Å². The Bertz CT molecular complexity index is 976. The smallest absolute Gasteiger partial charge is 0.257 e. The number of benzene rings is 1. The number of piperidine rings is 1. The molecule has 1 atom stereocenters. The number of likely N-dealkylation sites (tertiary alicyclic amines) is 1. The summed E-state index contributed by atoms with van der Waals surface area (Å²) in [4.78, 5) is 19.4. The summed E-state index contributed by atoms with van der Waals surface area (Å²) in [5.41, 5.74) is 4.66. The minimum Gasteiger partial charge on any atom is -0.381 e. The molecule has 6 heteroatoms. The number of carbonyl (C=O) groups excluding carboxylic acids is 1. The van der Waals surface area contributed by atoms with Crippen LogP contribution in [0.1, 0.15) is 54.2 Å². The summed E-state index contributed by atoms with van der Waals surface area (Å²) in [5.74, 6) is 0.560. The van der Waals surface area contributed by atoms with E-state index in [0.717, 1.165) is 36.4 Å². The Labute approximate surface area is 165 Å². The number of rotatable bonds is 4. The Balaban J connectivity index is 1.46. The van der Waals surface area contributed by atoms with Crippen molar-refractivity contribution in [3.8, 4) is 0 Å². The van der Waals surface area contributed by atoms with E-state index >= 15 is 0 Å². The van der Waals surface area contributed by atoms with Crippen molar-refractivity contribution in [2.24, 2.45) is 0 Å². The third kappa shape index (κ3) is 3.59. The van der Waals surface area contributed by atoms with E-state index in [1.807, 2.05) is 17.9 Å². The van der Waals surface area contributed by atoms with Crippen LogP contribution in [-0.4, -0.2) is 44.5 Å². The fourth-order valence-electron chi connectivity index (χ4n) is 3.85. The second-order valence-electron chi connectivity index (χ2n) is 7.87. The van der Waals surface area contributed by atoms with Gasteiger partial charge >= 0.3 is 0 Å². The number of nitrogens with zero attached hydrogens (tertiary/aromatic N) is 4. The highest BCUT2D eigenvalue weighted by atomic mass is 16.2. The van der Waals surface area contributed by atoms with Gasteiger partial charge < -0.3 is 10.2 Å². The summed E-state index contributed by atoms with van der Waals surface area (Å²) >= 11 is 0. The van der Waals surface area contributed by atoms with Crippen LogP contribution < -0.4 is 5.32 Å². The Hall–Kier alpha value is -2.89. The van der Waals surface area contributed by atoms with E-state index in [-0.39, 0.29) is 11.9 Å². The van der Waals surface area contributed by atoms with Crippen molar-refractivity contribution in [2.75, 3.05) is 18.4 Å². The maximum atomic E-state index is 13.1. The van der Waals surface area contributed by atoms with Crippen LogP contribution >= 0.6 is 0 Å². The number of nitrogens with one attached hydrogen (secondary N) is 1. The zero-order valence-electron chi connectivity index (χ0n) is 16.7. The van der Waals surface area contributed by atoms with Crippen molar-refractivity contribution in [3.05, 3.63) is 59.5 Å². The molecule has 1 aliphatic rings. The van der Waals surface area contributed by atoms with Crippen molar-refractivity contribution in [3.63, 3.8) is 0 Å². The van der Waals surface area contributed by atoms with Crippen LogP contribution in [-0.2, 0) is 0 Å². The lowest BCUT2D eigenvalue weighted by Gasteiger charge is -2.34. The molecule has 0 saturated carbocycles. The molecule has 1 N–H and O–H groups in total. The Morgan fingerprint density at radius 2 is 2.00 bits per heavy atom. The zero-order valence-corrected chi connectivity index (χ0v) is 16.7. The molecule has 0 unspecified atom stereocenters. The largest absolute Gasteiger partial charge is 0.381 e. The number of aromatic nitrogens is 3. The summed E-state index contributed by atoms with van der Waals surface area (Å²) in [6, 6.07) is 10.7. The quantitative estimate of drug-likeness (QED) is 0.749. The Kier molecular flexibility index (Phi) is 5.03. The number of fused-ring (bicyclic) bond motifs is 1. The van der Waals surface area contributed by atoms with Crippen molar-refractivity contribution in [1.29, 1.82) is 0 Å². The van der Waals surface area contributed by atoms with E-state index < -0.39 is 0 Å². The maximum Gasteiger partial charge on any atom is 0.257 e. The fraction of sp³-hybridized carbons (Fsp3) is 0.409. The molecule has 1 fully saturated rings. The zero-order chi connectivity index (χ0) is 19.7. The van der Waals surface area contributed by atoms with Crippen LogP contribution in [0.3, 0.4) is 0 Å². The molecule has 0 aliphatic carbocycles. The molecule has 0 radical (unpaired) electrons. The number of amides is 1. The molecule has 0 spiro atoms. The van der Waals surface area contributed by atoms with Crippen LogP contribution in [0.2, 0.25) is 0 Å². The van der Waals surface area contributed by atoms with Gasteiger partial charge in [0, 0.05) is 37.1 Å². The molecule has 4 rings (SSSR count). The molecule has 1 aliphatic heterocycles. The molecule has 1 aromatic carbocycles. The van der Waals surface area contributed by atoms with Gasteiger partial charge in [-0.3, -0.25) is 4.79 Å². The van der Waals surface area contributed by atoms with Crippen LogP contribution in [0.25, 0.3) is 5.65 Å². The lowest BCUT2D eigenvalue weighted by molar-refractivity contribution is 0.0713. The van der Waals surface area contributed by atoms with Crippen molar-refractivity contribution >= 4 is 17.2 Å². The topological polar surface area (TPSA) is 62.5 Å². The highest BCUT2D eigenvalue weighted by Crippen LogP contribution is 2.21. The second kappa shape index (κ2) is 7.62. The lowest BCUT2D eigenvalue weighted by Crippen LogP contribution is -2.45. The number of carbonyl (C=O) groups is 1. The van der Waals surface area contributed by atoms with Crippen molar-refractivity contribution in [1.82, 2.24) is 19.5 Å². The van der Waals surface area contributed by atoms with E-state index in [1.165, 1.54) is 5.56 Å². The first-order chi connectivity index (χ1) is 13.5. The van der Waals surface area contributed by atoms with Crippen LogP contribution in [0.4, 0.5) is 5.69 Å². The van der Waals surface area contributed by atoms with E-state index in [2.05, 4.69) is 53.5 Å². The second-order valence-corrected chi connectivity index (χ2v) is 7.87.